The van der Waals surface area contributed by atoms with E-state index >= 15 is 0 Å². The molecular weight excluding hydrogens is 388 g/mol. The van der Waals surface area contributed by atoms with Crippen LogP contribution in [0.4, 0.5) is 5.69 Å². The number of aromatic hydroxyl groups is 1. The predicted octanol–water partition coefficient (Wildman–Crippen LogP) is 4.92. The largest absolute Gasteiger partial charge is 0.508 e. The number of nitrogens with one attached hydrogen (secondary N) is 1. The maximum atomic E-state index is 13.1. The van der Waals surface area contributed by atoms with Gasteiger partial charge >= 0.3 is 0 Å². The van der Waals surface area contributed by atoms with Gasteiger partial charge in [0.25, 0.3) is 0 Å². The molecule has 1 amide bonds. The number of piperidine rings is 1. The Morgan fingerprint density at radius 2 is 1.81 bits per heavy atom. The SMILES string of the molecule is COc1ccc(-c2ccccc2NC(=O)[C@@H]2CCCN(Cc3ccccc3O)C2)cc1. The van der Waals surface area contributed by atoms with Crippen molar-refractivity contribution in [1.82, 2.24) is 4.90 Å². The van der Waals surface area contributed by atoms with E-state index in [1.165, 1.54) is 0 Å². The molecule has 0 radical (unpaired) electrons. The maximum Gasteiger partial charge on any atom is 0.228 e. The monoisotopic (exact) mass is 416 g/mol. The van der Waals surface area contributed by atoms with Gasteiger partial charge in [0, 0.05) is 29.9 Å². The third kappa shape index (κ3) is 5.06. The van der Waals surface area contributed by atoms with E-state index in [9.17, 15) is 9.90 Å². The van der Waals surface area contributed by atoms with Crippen LogP contribution in [0.3, 0.4) is 0 Å². The van der Waals surface area contributed by atoms with Crippen molar-refractivity contribution >= 4 is 11.6 Å². The van der Waals surface area contributed by atoms with Gasteiger partial charge in [-0.3, -0.25) is 9.69 Å². The summed E-state index contributed by atoms with van der Waals surface area (Å²) < 4.78 is 5.25. The smallest absolute Gasteiger partial charge is 0.228 e. The Labute approximate surface area is 183 Å². The summed E-state index contributed by atoms with van der Waals surface area (Å²) in [7, 11) is 1.65. The second-order valence-electron chi connectivity index (χ2n) is 7.97. The van der Waals surface area contributed by atoms with Gasteiger partial charge < -0.3 is 15.2 Å². The Bertz CT molecular complexity index is 1030. The summed E-state index contributed by atoms with van der Waals surface area (Å²) in [6, 6.07) is 23.1. The molecule has 1 heterocycles. The highest BCUT2D eigenvalue weighted by molar-refractivity contribution is 5.97. The number of para-hydroxylation sites is 2. The molecule has 5 nitrogen and oxygen atoms in total. The molecule has 4 rings (SSSR count). The number of rotatable bonds is 6. The van der Waals surface area contributed by atoms with Crippen molar-refractivity contribution in [3.05, 3.63) is 78.4 Å². The fraction of sp³-hybridized carbons (Fsp3) is 0.269. The van der Waals surface area contributed by atoms with Crippen LogP contribution < -0.4 is 10.1 Å². The minimum Gasteiger partial charge on any atom is -0.508 e. The number of ether oxygens (including phenoxy) is 1. The van der Waals surface area contributed by atoms with Crippen LogP contribution in [0.2, 0.25) is 0 Å². The first-order valence-corrected chi connectivity index (χ1v) is 10.7. The van der Waals surface area contributed by atoms with Gasteiger partial charge in [-0.25, -0.2) is 0 Å². The number of hydrogen-bond acceptors (Lipinski definition) is 4. The zero-order chi connectivity index (χ0) is 21.6. The first kappa shape index (κ1) is 20.9. The molecule has 1 aliphatic heterocycles. The average Bonchev–Trinajstić information content (AvgIpc) is 2.81. The third-order valence-corrected chi connectivity index (χ3v) is 5.85. The highest BCUT2D eigenvalue weighted by Crippen LogP contribution is 2.30. The third-order valence-electron chi connectivity index (χ3n) is 5.85. The van der Waals surface area contributed by atoms with Crippen molar-refractivity contribution < 1.29 is 14.6 Å². The van der Waals surface area contributed by atoms with E-state index in [4.69, 9.17) is 4.74 Å². The van der Waals surface area contributed by atoms with Gasteiger partial charge in [-0.1, -0.05) is 48.5 Å². The summed E-state index contributed by atoms with van der Waals surface area (Å²) in [5.74, 6) is 1.07. The van der Waals surface area contributed by atoms with Gasteiger partial charge in [0.1, 0.15) is 11.5 Å². The minimum absolute atomic E-state index is 0.0444. The van der Waals surface area contributed by atoms with Gasteiger partial charge in [-0.15, -0.1) is 0 Å². The number of anilines is 1. The molecule has 1 atom stereocenters. The van der Waals surface area contributed by atoms with Crippen molar-refractivity contribution in [2.45, 2.75) is 19.4 Å². The summed E-state index contributed by atoms with van der Waals surface area (Å²) in [5.41, 5.74) is 3.73. The lowest BCUT2D eigenvalue weighted by atomic mass is 9.96. The molecule has 1 aliphatic rings. The molecule has 160 valence electrons. The Balaban J connectivity index is 1.45. The standard InChI is InChI=1S/C26H28N2O3/c1-31-22-14-12-19(13-15-22)23-9-3-4-10-24(23)27-26(30)21-8-6-16-28(18-21)17-20-7-2-5-11-25(20)29/h2-5,7,9-15,21,29H,6,8,16-18H2,1H3,(H,27,30)/t21-/m1/s1. The van der Waals surface area contributed by atoms with Crippen LogP contribution in [0.1, 0.15) is 18.4 Å². The number of carbonyl (C=O) groups is 1. The number of hydrogen-bond donors (Lipinski definition) is 2. The molecule has 2 N–H and O–H groups in total. The lowest BCUT2D eigenvalue weighted by Gasteiger charge is -2.32. The Morgan fingerprint density at radius 1 is 1.06 bits per heavy atom. The molecule has 0 bridgehead atoms. The van der Waals surface area contributed by atoms with Crippen molar-refractivity contribution in [1.29, 1.82) is 0 Å². The molecule has 0 saturated carbocycles. The number of nitrogens with zero attached hydrogens (tertiary/aromatic N) is 1. The van der Waals surface area contributed by atoms with Crippen LogP contribution in [0.25, 0.3) is 11.1 Å². The number of benzene rings is 3. The quantitative estimate of drug-likeness (QED) is 0.599. The number of carbonyl (C=O) groups excluding carboxylic acids is 1. The fourth-order valence-electron chi connectivity index (χ4n) is 4.15. The number of methoxy groups -OCH3 is 1. The first-order chi connectivity index (χ1) is 15.1. The highest BCUT2D eigenvalue weighted by Gasteiger charge is 2.26. The Morgan fingerprint density at radius 3 is 2.58 bits per heavy atom. The summed E-state index contributed by atoms with van der Waals surface area (Å²) in [5, 5.41) is 13.2. The molecule has 0 unspecified atom stereocenters. The molecule has 3 aromatic rings. The number of phenols is 1. The minimum atomic E-state index is -0.0801. The zero-order valence-corrected chi connectivity index (χ0v) is 17.8. The Kier molecular flexibility index (Phi) is 6.53. The van der Waals surface area contributed by atoms with Gasteiger partial charge in [-0.2, -0.15) is 0 Å². The van der Waals surface area contributed by atoms with Gasteiger partial charge in [0.15, 0.2) is 0 Å². The summed E-state index contributed by atoms with van der Waals surface area (Å²) in [6.45, 7) is 2.27. The Hall–Kier alpha value is -3.31. The molecule has 1 fully saturated rings. The lowest BCUT2D eigenvalue weighted by Crippen LogP contribution is -2.40. The van der Waals surface area contributed by atoms with Crippen LogP contribution in [-0.4, -0.2) is 36.1 Å². The highest BCUT2D eigenvalue weighted by atomic mass is 16.5. The van der Waals surface area contributed by atoms with Crippen molar-refractivity contribution in [3.63, 3.8) is 0 Å². The molecule has 5 heteroatoms. The van der Waals surface area contributed by atoms with Crippen LogP contribution in [-0.2, 0) is 11.3 Å². The van der Waals surface area contributed by atoms with Crippen LogP contribution in [0.15, 0.2) is 72.8 Å². The molecule has 1 saturated heterocycles. The normalized spacial score (nSPS) is 16.6. The van der Waals surface area contributed by atoms with E-state index in [1.54, 1.807) is 13.2 Å². The summed E-state index contributed by atoms with van der Waals surface area (Å²) >= 11 is 0. The second-order valence-corrected chi connectivity index (χ2v) is 7.97. The molecule has 0 aromatic heterocycles. The second kappa shape index (κ2) is 9.67. The number of likely N-dealkylation sites (tertiary alicyclic amines) is 1. The van der Waals surface area contributed by atoms with E-state index in [2.05, 4.69) is 10.2 Å². The topological polar surface area (TPSA) is 61.8 Å². The molecule has 0 spiro atoms. The van der Waals surface area contributed by atoms with Crippen LogP contribution in [0.5, 0.6) is 11.5 Å². The van der Waals surface area contributed by atoms with E-state index in [1.807, 2.05) is 66.7 Å². The van der Waals surface area contributed by atoms with Gasteiger partial charge in [-0.05, 0) is 49.2 Å². The lowest BCUT2D eigenvalue weighted by molar-refractivity contribution is -0.121. The molecule has 31 heavy (non-hydrogen) atoms. The van der Waals surface area contributed by atoms with Crippen molar-refractivity contribution in [2.75, 3.05) is 25.5 Å². The van der Waals surface area contributed by atoms with E-state index in [0.29, 0.717) is 18.8 Å². The fourth-order valence-corrected chi connectivity index (χ4v) is 4.15. The van der Waals surface area contributed by atoms with Crippen LogP contribution in [0, 0.1) is 5.92 Å². The summed E-state index contributed by atoms with van der Waals surface area (Å²) in [6.07, 6.45) is 1.83. The van der Waals surface area contributed by atoms with Gasteiger partial charge in [0.05, 0.1) is 13.0 Å². The van der Waals surface area contributed by atoms with Crippen molar-refractivity contribution in [3.8, 4) is 22.6 Å². The van der Waals surface area contributed by atoms with Crippen LogP contribution >= 0.6 is 0 Å². The predicted molar refractivity (Wildman–Crippen MR) is 123 cm³/mol. The maximum absolute atomic E-state index is 13.1. The summed E-state index contributed by atoms with van der Waals surface area (Å²) in [4.78, 5) is 15.4. The van der Waals surface area contributed by atoms with E-state index < -0.39 is 0 Å². The molecule has 3 aromatic carbocycles. The zero-order valence-electron chi connectivity index (χ0n) is 17.8. The molecule has 0 aliphatic carbocycles. The van der Waals surface area contributed by atoms with E-state index in [-0.39, 0.29) is 11.8 Å². The van der Waals surface area contributed by atoms with Gasteiger partial charge in [0.2, 0.25) is 5.91 Å². The molecular formula is C26H28N2O3. The number of phenolic OH excluding ortho intramolecular Hbond substituents is 1. The number of amides is 1. The van der Waals surface area contributed by atoms with Crippen molar-refractivity contribution in [2.24, 2.45) is 5.92 Å². The average molecular weight is 417 g/mol. The first-order valence-electron chi connectivity index (χ1n) is 10.7. The van der Waals surface area contributed by atoms with E-state index in [0.717, 1.165) is 47.5 Å².